The number of hydrogen-bond acceptors (Lipinski definition) is 6. The molecule has 0 heterocycles. The molecule has 0 aliphatic rings. The molecule has 8 heteroatoms. The van der Waals surface area contributed by atoms with Gasteiger partial charge in [0.2, 0.25) is 0 Å². The van der Waals surface area contributed by atoms with Gasteiger partial charge in [-0.15, -0.1) is 0 Å². The monoisotopic (exact) mass is 498 g/mol. The molecule has 0 radical (unpaired) electrons. The molecule has 0 unspecified atom stereocenters. The van der Waals surface area contributed by atoms with Crippen LogP contribution in [0.1, 0.15) is 39.8 Å². The summed E-state index contributed by atoms with van der Waals surface area (Å²) in [6.45, 7) is 0. The van der Waals surface area contributed by atoms with Crippen LogP contribution in [0.25, 0.3) is 0 Å². The van der Waals surface area contributed by atoms with Gasteiger partial charge in [-0.2, -0.15) is 0 Å². The Labute approximate surface area is 213 Å². The maximum Gasteiger partial charge on any atom is 0.269 e. The Hall–Kier alpha value is -4.72. The Balaban J connectivity index is 1.37. The number of hydrogen-bond donors (Lipinski definition) is 2. The molecule has 37 heavy (non-hydrogen) atoms. The summed E-state index contributed by atoms with van der Waals surface area (Å²) in [5.74, 6) is 0.382. The molecule has 4 aromatic carbocycles. The number of rotatable bonds is 10. The van der Waals surface area contributed by atoms with Crippen LogP contribution < -0.4 is 0 Å². The number of aryl methyl sites for hydroxylation is 2. The second-order valence-corrected chi connectivity index (χ2v) is 8.98. The third-order valence-corrected chi connectivity index (χ3v) is 6.30. The zero-order chi connectivity index (χ0) is 26.4. The highest BCUT2D eigenvalue weighted by atomic mass is 16.6. The van der Waals surface area contributed by atoms with Crippen molar-refractivity contribution in [3.8, 4) is 11.5 Å². The van der Waals surface area contributed by atoms with Crippen molar-refractivity contribution in [2.75, 3.05) is 0 Å². The van der Waals surface area contributed by atoms with E-state index in [1.54, 1.807) is 36.4 Å². The van der Waals surface area contributed by atoms with Crippen molar-refractivity contribution in [2.24, 2.45) is 0 Å². The average Bonchev–Trinajstić information content (AvgIpc) is 2.88. The lowest BCUT2D eigenvalue weighted by Gasteiger charge is -2.10. The summed E-state index contributed by atoms with van der Waals surface area (Å²) in [5, 5.41) is 42.3. The number of nitro groups is 2. The lowest BCUT2D eigenvalue weighted by Crippen LogP contribution is -1.96. The van der Waals surface area contributed by atoms with Gasteiger partial charge in [0.25, 0.3) is 11.4 Å². The normalized spacial score (nSPS) is 10.8. The van der Waals surface area contributed by atoms with E-state index >= 15 is 0 Å². The fourth-order valence-corrected chi connectivity index (χ4v) is 4.28. The number of phenols is 2. The Morgan fingerprint density at radius 2 is 0.892 bits per heavy atom. The minimum absolute atomic E-state index is 0.0341. The highest BCUT2D eigenvalue weighted by molar-refractivity contribution is 5.43. The summed E-state index contributed by atoms with van der Waals surface area (Å²) in [7, 11) is 0. The van der Waals surface area contributed by atoms with E-state index in [4.69, 9.17) is 0 Å². The van der Waals surface area contributed by atoms with Gasteiger partial charge in [0.15, 0.2) is 0 Å². The van der Waals surface area contributed by atoms with Crippen molar-refractivity contribution in [1.82, 2.24) is 0 Å². The molecule has 0 aromatic heterocycles. The average molecular weight is 499 g/mol. The molecule has 8 nitrogen and oxygen atoms in total. The molecular formula is C29H26N2O6. The van der Waals surface area contributed by atoms with Gasteiger partial charge in [-0.1, -0.05) is 48.5 Å². The van der Waals surface area contributed by atoms with Gasteiger partial charge in [0.1, 0.15) is 11.5 Å². The molecule has 0 atom stereocenters. The second-order valence-electron chi connectivity index (χ2n) is 8.98. The van der Waals surface area contributed by atoms with Crippen molar-refractivity contribution >= 4 is 11.4 Å². The fourth-order valence-electron chi connectivity index (χ4n) is 4.28. The van der Waals surface area contributed by atoms with E-state index in [0.29, 0.717) is 12.8 Å². The largest absolute Gasteiger partial charge is 0.508 e. The number of nitro benzene ring substituents is 2. The molecule has 0 saturated carbocycles. The van der Waals surface area contributed by atoms with Gasteiger partial charge >= 0.3 is 0 Å². The molecular weight excluding hydrogens is 472 g/mol. The molecule has 0 spiro atoms. The van der Waals surface area contributed by atoms with E-state index in [1.807, 2.05) is 24.3 Å². The minimum atomic E-state index is -0.436. The smallest absolute Gasteiger partial charge is 0.269 e. The van der Waals surface area contributed by atoms with E-state index in [-0.39, 0.29) is 22.9 Å². The summed E-state index contributed by atoms with van der Waals surface area (Å²) >= 11 is 0. The Bertz CT molecular complexity index is 1310. The van der Waals surface area contributed by atoms with E-state index in [1.165, 1.54) is 24.3 Å². The molecule has 4 rings (SSSR count). The number of phenolic OH excluding ortho intramolecular Hbond substituents is 2. The minimum Gasteiger partial charge on any atom is -0.508 e. The summed E-state index contributed by atoms with van der Waals surface area (Å²) in [6.07, 6.45) is 3.41. The number of non-ortho nitro benzene ring substituents is 2. The molecule has 0 bridgehead atoms. The summed E-state index contributed by atoms with van der Waals surface area (Å²) < 4.78 is 0. The summed E-state index contributed by atoms with van der Waals surface area (Å²) in [4.78, 5) is 20.8. The van der Waals surface area contributed by atoms with Crippen molar-refractivity contribution in [3.05, 3.63) is 139 Å². The van der Waals surface area contributed by atoms with Crippen LogP contribution in [0.3, 0.4) is 0 Å². The maximum absolute atomic E-state index is 10.9. The van der Waals surface area contributed by atoms with Crippen LogP contribution in [0, 0.1) is 20.2 Å². The Kier molecular flexibility index (Phi) is 7.78. The standard InChI is InChI=1S/C29H26N2O6/c32-28-14-8-20(16-24(28)18-22-4-10-26(11-5-22)30(34)35)2-1-3-21-9-15-29(33)25(17-21)19-23-6-12-27(13-7-23)31(36)37/h4-17,32-33H,1-3,18-19H2. The number of benzene rings is 4. The molecule has 188 valence electrons. The summed E-state index contributed by atoms with van der Waals surface area (Å²) in [6, 6.07) is 23.7. The molecule has 4 aromatic rings. The topological polar surface area (TPSA) is 127 Å². The van der Waals surface area contributed by atoms with Crippen molar-refractivity contribution < 1.29 is 20.1 Å². The lowest BCUT2D eigenvalue weighted by atomic mass is 9.97. The highest BCUT2D eigenvalue weighted by Gasteiger charge is 2.10. The van der Waals surface area contributed by atoms with E-state index in [2.05, 4.69) is 0 Å². The molecule has 0 amide bonds. The predicted octanol–water partition coefficient (Wildman–Crippen LogP) is 6.27. The molecule has 2 N–H and O–H groups in total. The highest BCUT2D eigenvalue weighted by Crippen LogP contribution is 2.26. The fraction of sp³-hybridized carbons (Fsp3) is 0.172. The van der Waals surface area contributed by atoms with Gasteiger partial charge in [-0.3, -0.25) is 20.2 Å². The van der Waals surface area contributed by atoms with Crippen molar-refractivity contribution in [2.45, 2.75) is 32.1 Å². The predicted molar refractivity (Wildman–Crippen MR) is 140 cm³/mol. The van der Waals surface area contributed by atoms with Gasteiger partial charge in [0, 0.05) is 37.1 Å². The zero-order valence-corrected chi connectivity index (χ0v) is 20.0. The number of aromatic hydroxyl groups is 2. The first-order valence-electron chi connectivity index (χ1n) is 11.9. The number of nitrogens with zero attached hydrogens (tertiary/aromatic N) is 2. The van der Waals surface area contributed by atoms with Crippen LogP contribution >= 0.6 is 0 Å². The van der Waals surface area contributed by atoms with Gasteiger partial charge in [-0.05, 0) is 64.8 Å². The lowest BCUT2D eigenvalue weighted by molar-refractivity contribution is -0.385. The van der Waals surface area contributed by atoms with Crippen LogP contribution in [0.2, 0.25) is 0 Å². The van der Waals surface area contributed by atoms with E-state index in [9.17, 15) is 30.4 Å². The van der Waals surface area contributed by atoms with Crippen LogP contribution in [-0.4, -0.2) is 20.1 Å². The molecule has 0 aliphatic carbocycles. The summed E-state index contributed by atoms with van der Waals surface area (Å²) in [5.41, 5.74) is 5.52. The van der Waals surface area contributed by atoms with E-state index in [0.717, 1.165) is 52.6 Å². The Morgan fingerprint density at radius 1 is 0.541 bits per heavy atom. The third kappa shape index (κ3) is 6.70. The quantitative estimate of drug-likeness (QED) is 0.196. The van der Waals surface area contributed by atoms with E-state index < -0.39 is 9.85 Å². The Morgan fingerprint density at radius 3 is 1.24 bits per heavy atom. The van der Waals surface area contributed by atoms with Gasteiger partial charge in [0.05, 0.1) is 9.85 Å². The molecule has 0 saturated heterocycles. The van der Waals surface area contributed by atoms with Crippen molar-refractivity contribution in [3.63, 3.8) is 0 Å². The van der Waals surface area contributed by atoms with Crippen molar-refractivity contribution in [1.29, 1.82) is 0 Å². The van der Waals surface area contributed by atoms with Crippen LogP contribution in [0.15, 0.2) is 84.9 Å². The zero-order valence-electron chi connectivity index (χ0n) is 20.0. The van der Waals surface area contributed by atoms with Gasteiger partial charge in [-0.25, -0.2) is 0 Å². The van der Waals surface area contributed by atoms with Crippen LogP contribution in [-0.2, 0) is 25.7 Å². The molecule has 0 aliphatic heterocycles. The first kappa shape index (κ1) is 25.4. The third-order valence-electron chi connectivity index (χ3n) is 6.30. The SMILES string of the molecule is O=[N+]([O-])c1ccc(Cc2cc(CCCc3ccc(O)c(Cc4ccc([N+](=O)[O-])cc4)c3)ccc2O)cc1. The first-order valence-corrected chi connectivity index (χ1v) is 11.9. The van der Waals surface area contributed by atoms with Crippen LogP contribution in [0.5, 0.6) is 11.5 Å². The second kappa shape index (κ2) is 11.3. The maximum atomic E-state index is 10.9. The first-order chi connectivity index (χ1) is 17.8. The molecule has 0 fully saturated rings. The van der Waals surface area contributed by atoms with Gasteiger partial charge < -0.3 is 10.2 Å². The van der Waals surface area contributed by atoms with Crippen LogP contribution in [0.4, 0.5) is 11.4 Å².